The van der Waals surface area contributed by atoms with Gasteiger partial charge in [-0.2, -0.15) is 0 Å². The van der Waals surface area contributed by atoms with Gasteiger partial charge in [0.2, 0.25) is 0 Å². The lowest BCUT2D eigenvalue weighted by molar-refractivity contribution is -0.142. The topological polar surface area (TPSA) is 26.3 Å². The minimum atomic E-state index is -0.165. The quantitative estimate of drug-likeness (QED) is 0.704. The van der Waals surface area contributed by atoms with Crippen molar-refractivity contribution in [2.45, 2.75) is 20.3 Å². The Hall–Kier alpha value is -1.57. The summed E-state index contributed by atoms with van der Waals surface area (Å²) in [5, 5.41) is 0. The lowest BCUT2D eigenvalue weighted by Gasteiger charge is -2.02. The molecule has 0 saturated carbocycles. The van der Waals surface area contributed by atoms with Crippen LogP contribution < -0.4 is 0 Å². The molecule has 0 aliphatic rings. The monoisotopic (exact) mass is 204 g/mol. The van der Waals surface area contributed by atoms with Crippen molar-refractivity contribution in [1.29, 1.82) is 0 Å². The van der Waals surface area contributed by atoms with Crippen molar-refractivity contribution < 1.29 is 9.53 Å². The number of benzene rings is 1. The molecule has 0 N–H and O–H groups in total. The molecule has 0 heterocycles. The third-order valence-electron chi connectivity index (χ3n) is 1.94. The van der Waals surface area contributed by atoms with Crippen molar-refractivity contribution in [1.82, 2.24) is 0 Å². The van der Waals surface area contributed by atoms with Crippen LogP contribution in [0.5, 0.6) is 0 Å². The van der Waals surface area contributed by atoms with E-state index in [-0.39, 0.29) is 5.97 Å². The van der Waals surface area contributed by atoms with E-state index >= 15 is 0 Å². The van der Waals surface area contributed by atoms with E-state index in [1.54, 1.807) is 0 Å². The second-order valence-electron chi connectivity index (χ2n) is 3.38. The number of hydrogen-bond acceptors (Lipinski definition) is 2. The van der Waals surface area contributed by atoms with Gasteiger partial charge in [-0.15, -0.1) is 0 Å². The molecular weight excluding hydrogens is 188 g/mol. The second-order valence-corrected chi connectivity index (χ2v) is 3.38. The van der Waals surface area contributed by atoms with E-state index in [1.165, 1.54) is 0 Å². The number of esters is 1. The molecule has 2 heteroatoms. The van der Waals surface area contributed by atoms with E-state index in [0.717, 1.165) is 11.1 Å². The molecule has 0 atom stereocenters. The number of ether oxygens (including phenoxy) is 1. The molecule has 0 saturated heterocycles. The molecule has 2 nitrogen and oxygen atoms in total. The maximum Gasteiger partial charge on any atom is 0.309 e. The summed E-state index contributed by atoms with van der Waals surface area (Å²) in [6.07, 6.45) is 2.36. The molecule has 0 radical (unpaired) electrons. The molecule has 0 bridgehead atoms. The summed E-state index contributed by atoms with van der Waals surface area (Å²) >= 11 is 0. The van der Waals surface area contributed by atoms with Crippen LogP contribution in [0, 0.1) is 0 Å². The molecule has 0 unspecified atom stereocenters. The van der Waals surface area contributed by atoms with Crippen LogP contribution in [0.1, 0.15) is 25.8 Å². The third kappa shape index (κ3) is 4.45. The smallest absolute Gasteiger partial charge is 0.309 e. The largest absolute Gasteiger partial charge is 0.466 e. The molecule has 0 aromatic heterocycles. The van der Waals surface area contributed by atoms with Crippen LogP contribution in [0.3, 0.4) is 0 Å². The van der Waals surface area contributed by atoms with Crippen LogP contribution in [-0.2, 0) is 9.53 Å². The highest BCUT2D eigenvalue weighted by Crippen LogP contribution is 2.09. The van der Waals surface area contributed by atoms with E-state index in [2.05, 4.69) is 0 Å². The zero-order chi connectivity index (χ0) is 11.1. The van der Waals surface area contributed by atoms with Crippen molar-refractivity contribution in [3.8, 4) is 0 Å². The fraction of sp³-hybridized carbons (Fsp3) is 0.308. The summed E-state index contributed by atoms with van der Waals surface area (Å²) in [6, 6.07) is 9.94. The molecule has 1 rings (SSSR count). The fourth-order valence-electron chi connectivity index (χ4n) is 1.32. The van der Waals surface area contributed by atoms with Crippen LogP contribution >= 0.6 is 0 Å². The maximum absolute atomic E-state index is 11.2. The summed E-state index contributed by atoms with van der Waals surface area (Å²) in [7, 11) is 0. The highest BCUT2D eigenvalue weighted by Gasteiger charge is 2.02. The minimum Gasteiger partial charge on any atom is -0.466 e. The number of hydrogen-bond donors (Lipinski definition) is 0. The molecule has 1 aromatic rings. The highest BCUT2D eigenvalue weighted by molar-refractivity contribution is 5.74. The van der Waals surface area contributed by atoms with Crippen LogP contribution in [0.2, 0.25) is 0 Å². The van der Waals surface area contributed by atoms with Crippen LogP contribution in [-0.4, -0.2) is 12.6 Å². The third-order valence-corrected chi connectivity index (χ3v) is 1.94. The maximum atomic E-state index is 11.2. The standard InChI is InChI=1S/C13H16O2/c1-3-15-13(14)10-11(2)9-12-7-5-4-6-8-12/h4-9H,3,10H2,1-2H3/b11-9+. The van der Waals surface area contributed by atoms with Crippen molar-refractivity contribution in [3.05, 3.63) is 41.5 Å². The first kappa shape index (κ1) is 11.5. The zero-order valence-electron chi connectivity index (χ0n) is 9.19. The first-order chi connectivity index (χ1) is 7.22. The summed E-state index contributed by atoms with van der Waals surface area (Å²) in [5.74, 6) is -0.165. The van der Waals surface area contributed by atoms with Gasteiger partial charge in [-0.3, -0.25) is 4.79 Å². The van der Waals surface area contributed by atoms with Gasteiger partial charge in [0.1, 0.15) is 0 Å². The Balaban J connectivity index is 2.57. The van der Waals surface area contributed by atoms with E-state index < -0.39 is 0 Å². The SMILES string of the molecule is CCOC(=O)C/C(C)=C/c1ccccc1. The molecular formula is C13H16O2. The Labute approximate surface area is 90.6 Å². The van der Waals surface area contributed by atoms with Gasteiger partial charge in [-0.25, -0.2) is 0 Å². The molecule has 15 heavy (non-hydrogen) atoms. The summed E-state index contributed by atoms with van der Waals surface area (Å²) < 4.78 is 4.87. The van der Waals surface area contributed by atoms with Gasteiger partial charge in [0.15, 0.2) is 0 Å². The first-order valence-corrected chi connectivity index (χ1v) is 5.10. The molecule has 80 valence electrons. The Morgan fingerprint density at radius 3 is 2.60 bits per heavy atom. The Bertz CT molecular complexity index is 339. The summed E-state index contributed by atoms with van der Waals surface area (Å²) in [5.41, 5.74) is 2.12. The van der Waals surface area contributed by atoms with E-state index in [1.807, 2.05) is 50.3 Å². The van der Waals surface area contributed by atoms with Crippen molar-refractivity contribution in [3.63, 3.8) is 0 Å². The number of rotatable bonds is 4. The average molecular weight is 204 g/mol. The Morgan fingerprint density at radius 2 is 2.00 bits per heavy atom. The lowest BCUT2D eigenvalue weighted by Crippen LogP contribution is -2.03. The van der Waals surface area contributed by atoms with Gasteiger partial charge in [0.05, 0.1) is 13.0 Å². The Kier molecular flexibility index (Phi) is 4.61. The Morgan fingerprint density at radius 1 is 1.33 bits per heavy atom. The van der Waals surface area contributed by atoms with Crippen molar-refractivity contribution in [2.75, 3.05) is 6.61 Å². The fourth-order valence-corrected chi connectivity index (χ4v) is 1.32. The van der Waals surface area contributed by atoms with Gasteiger partial charge < -0.3 is 4.74 Å². The van der Waals surface area contributed by atoms with E-state index in [0.29, 0.717) is 13.0 Å². The average Bonchev–Trinajstić information content (AvgIpc) is 2.19. The van der Waals surface area contributed by atoms with E-state index in [4.69, 9.17) is 4.74 Å². The molecule has 0 aliphatic heterocycles. The molecule has 0 amide bonds. The van der Waals surface area contributed by atoms with Gasteiger partial charge in [-0.05, 0) is 19.4 Å². The van der Waals surface area contributed by atoms with Crippen LogP contribution in [0.15, 0.2) is 35.9 Å². The zero-order valence-corrected chi connectivity index (χ0v) is 9.19. The molecule has 0 fully saturated rings. The normalized spacial score (nSPS) is 11.2. The van der Waals surface area contributed by atoms with Crippen molar-refractivity contribution in [2.24, 2.45) is 0 Å². The summed E-state index contributed by atoms with van der Waals surface area (Å²) in [6.45, 7) is 4.19. The minimum absolute atomic E-state index is 0.165. The number of carbonyl (C=O) groups is 1. The second kappa shape index (κ2) is 6.02. The van der Waals surface area contributed by atoms with Gasteiger partial charge in [-0.1, -0.05) is 42.0 Å². The molecule has 0 spiro atoms. The van der Waals surface area contributed by atoms with Crippen molar-refractivity contribution >= 4 is 12.0 Å². The van der Waals surface area contributed by atoms with Gasteiger partial charge >= 0.3 is 5.97 Å². The predicted octanol–water partition coefficient (Wildman–Crippen LogP) is 3.04. The van der Waals surface area contributed by atoms with Gasteiger partial charge in [0, 0.05) is 0 Å². The predicted molar refractivity (Wildman–Crippen MR) is 61.3 cm³/mol. The van der Waals surface area contributed by atoms with E-state index in [9.17, 15) is 4.79 Å². The van der Waals surface area contributed by atoms with Crippen LogP contribution in [0.4, 0.5) is 0 Å². The molecule has 1 aromatic carbocycles. The summed E-state index contributed by atoms with van der Waals surface area (Å²) in [4.78, 5) is 11.2. The van der Waals surface area contributed by atoms with Gasteiger partial charge in [0.25, 0.3) is 0 Å². The highest BCUT2D eigenvalue weighted by atomic mass is 16.5. The number of carbonyl (C=O) groups excluding carboxylic acids is 1. The lowest BCUT2D eigenvalue weighted by atomic mass is 10.1. The van der Waals surface area contributed by atoms with Crippen LogP contribution in [0.25, 0.3) is 6.08 Å². The molecule has 0 aliphatic carbocycles. The first-order valence-electron chi connectivity index (χ1n) is 5.10.